The van der Waals surface area contributed by atoms with Crippen molar-refractivity contribution < 1.29 is 0 Å². The van der Waals surface area contributed by atoms with Crippen LogP contribution in [-0.4, -0.2) is 0 Å². The van der Waals surface area contributed by atoms with Crippen LogP contribution >= 0.6 is 0 Å². The van der Waals surface area contributed by atoms with Crippen molar-refractivity contribution in [2.24, 2.45) is 0 Å². The van der Waals surface area contributed by atoms with Crippen molar-refractivity contribution in [1.82, 2.24) is 0 Å². The summed E-state index contributed by atoms with van der Waals surface area (Å²) in [5, 5.41) is 5.11. The molecule has 1 heteroatoms. The van der Waals surface area contributed by atoms with Gasteiger partial charge in [0.05, 0.1) is 5.41 Å². The maximum absolute atomic E-state index is 2.47. The molecule has 8 aromatic rings. The number of hydrogen-bond donors (Lipinski definition) is 0. The lowest BCUT2D eigenvalue weighted by Crippen LogP contribution is -2.26. The minimum absolute atomic E-state index is 0.407. The Hall–Kier alpha value is -5.92. The van der Waals surface area contributed by atoms with E-state index in [4.69, 9.17) is 0 Å². The van der Waals surface area contributed by atoms with Gasteiger partial charge in [-0.15, -0.1) is 0 Å². The molecule has 226 valence electrons. The zero-order chi connectivity index (χ0) is 32.0. The summed E-state index contributed by atoms with van der Waals surface area (Å²) in [6.07, 6.45) is 0. The molecule has 0 bridgehead atoms. The largest absolute Gasteiger partial charge is 0.310 e. The van der Waals surface area contributed by atoms with E-state index in [2.05, 4.69) is 183 Å². The van der Waals surface area contributed by atoms with Crippen LogP contribution in [0.4, 0.5) is 17.1 Å². The molecule has 0 saturated heterocycles. The molecule has 8 aromatic carbocycles. The van der Waals surface area contributed by atoms with Crippen LogP contribution in [0.2, 0.25) is 0 Å². The van der Waals surface area contributed by atoms with Crippen LogP contribution in [0.5, 0.6) is 0 Å². The molecule has 2 aliphatic carbocycles. The predicted molar refractivity (Wildman–Crippen MR) is 202 cm³/mol. The molecule has 0 aliphatic heterocycles. The molecule has 1 nitrogen and oxygen atoms in total. The van der Waals surface area contributed by atoms with Gasteiger partial charge in [-0.05, 0) is 140 Å². The Morgan fingerprint density at radius 2 is 1.00 bits per heavy atom. The van der Waals surface area contributed by atoms with Crippen LogP contribution in [0.3, 0.4) is 0 Å². The zero-order valence-electron chi connectivity index (χ0n) is 27.0. The number of aryl methyl sites for hydroxylation is 2. The van der Waals surface area contributed by atoms with Gasteiger partial charge >= 0.3 is 0 Å². The van der Waals surface area contributed by atoms with Crippen molar-refractivity contribution in [3.8, 4) is 22.3 Å². The van der Waals surface area contributed by atoms with Crippen molar-refractivity contribution in [3.05, 3.63) is 197 Å². The first kappa shape index (κ1) is 27.2. The lowest BCUT2D eigenvalue weighted by molar-refractivity contribution is 0.802. The molecule has 48 heavy (non-hydrogen) atoms. The van der Waals surface area contributed by atoms with Crippen molar-refractivity contribution in [2.75, 3.05) is 4.90 Å². The monoisotopic (exact) mass is 611 g/mol. The summed E-state index contributed by atoms with van der Waals surface area (Å²) < 4.78 is 0. The van der Waals surface area contributed by atoms with Gasteiger partial charge < -0.3 is 4.90 Å². The van der Waals surface area contributed by atoms with Gasteiger partial charge in [0.2, 0.25) is 0 Å². The number of rotatable bonds is 3. The summed E-state index contributed by atoms with van der Waals surface area (Å²) in [5.74, 6) is 0. The number of hydrogen-bond acceptors (Lipinski definition) is 1. The molecule has 0 saturated carbocycles. The van der Waals surface area contributed by atoms with E-state index in [0.717, 1.165) is 11.4 Å². The van der Waals surface area contributed by atoms with Gasteiger partial charge in [-0.3, -0.25) is 0 Å². The number of benzene rings is 8. The standard InChI is InChI=1S/C47H33N/c1-30-20-22-36(26-31(30)2)48(35-14-4-3-5-15-35)37-23-25-38-34(27-37)21-24-41-42-28-32-12-6-7-13-33(32)29-45(42)47(46(38)41)43-18-10-8-16-39(43)40-17-9-11-19-44(40)47/h3-29H,1-2H3. The first-order chi connectivity index (χ1) is 23.6. The van der Waals surface area contributed by atoms with Gasteiger partial charge in [-0.2, -0.15) is 0 Å². The smallest absolute Gasteiger partial charge is 0.0731 e. The average Bonchev–Trinajstić information content (AvgIpc) is 3.59. The molecule has 0 amide bonds. The predicted octanol–water partition coefficient (Wildman–Crippen LogP) is 12.4. The maximum Gasteiger partial charge on any atom is 0.0731 e. The molecular formula is C47H33N. The second kappa shape index (κ2) is 10.0. The lowest BCUT2D eigenvalue weighted by atomic mass is 9.69. The fraction of sp³-hybridized carbons (Fsp3) is 0.0638. The van der Waals surface area contributed by atoms with E-state index >= 15 is 0 Å². The fourth-order valence-corrected chi connectivity index (χ4v) is 8.68. The molecule has 0 aromatic heterocycles. The Morgan fingerprint density at radius 1 is 0.375 bits per heavy atom. The van der Waals surface area contributed by atoms with Crippen LogP contribution in [0.25, 0.3) is 43.8 Å². The summed E-state index contributed by atoms with van der Waals surface area (Å²) in [7, 11) is 0. The molecule has 1 spiro atoms. The van der Waals surface area contributed by atoms with Gasteiger partial charge in [0, 0.05) is 17.1 Å². The van der Waals surface area contributed by atoms with E-state index in [1.165, 1.54) is 82.9 Å². The van der Waals surface area contributed by atoms with Crippen LogP contribution in [0.15, 0.2) is 164 Å². The topological polar surface area (TPSA) is 3.24 Å². The minimum atomic E-state index is -0.407. The van der Waals surface area contributed by atoms with Crippen LogP contribution < -0.4 is 4.90 Å². The van der Waals surface area contributed by atoms with Crippen molar-refractivity contribution in [1.29, 1.82) is 0 Å². The molecule has 0 heterocycles. The second-order valence-electron chi connectivity index (χ2n) is 13.4. The summed E-state index contributed by atoms with van der Waals surface area (Å²) in [6, 6.07) is 61.2. The summed E-state index contributed by atoms with van der Waals surface area (Å²) in [4.78, 5) is 2.39. The third-order valence-electron chi connectivity index (χ3n) is 10.9. The Bertz CT molecular complexity index is 2550. The zero-order valence-corrected chi connectivity index (χ0v) is 27.0. The van der Waals surface area contributed by atoms with Crippen LogP contribution in [-0.2, 0) is 5.41 Å². The SMILES string of the molecule is Cc1ccc(N(c2ccccc2)c2ccc3c4c(ccc3c2)-c2cc3ccccc3cc2C42c3ccccc3-c3ccccc32)cc1C. The molecule has 10 rings (SSSR count). The van der Waals surface area contributed by atoms with E-state index in [9.17, 15) is 0 Å². The molecule has 0 unspecified atom stereocenters. The highest BCUT2D eigenvalue weighted by Crippen LogP contribution is 2.64. The molecular weight excluding hydrogens is 579 g/mol. The number of fused-ring (bicyclic) bond motifs is 13. The third kappa shape index (κ3) is 3.62. The Kier molecular flexibility index (Phi) is 5.69. The minimum Gasteiger partial charge on any atom is -0.310 e. The second-order valence-corrected chi connectivity index (χ2v) is 13.4. The van der Waals surface area contributed by atoms with E-state index in [1.807, 2.05) is 0 Å². The van der Waals surface area contributed by atoms with E-state index < -0.39 is 5.41 Å². The van der Waals surface area contributed by atoms with Crippen LogP contribution in [0, 0.1) is 13.8 Å². The van der Waals surface area contributed by atoms with Crippen molar-refractivity contribution in [2.45, 2.75) is 19.3 Å². The van der Waals surface area contributed by atoms with Crippen molar-refractivity contribution in [3.63, 3.8) is 0 Å². The number of nitrogens with zero attached hydrogens (tertiary/aromatic N) is 1. The molecule has 0 atom stereocenters. The van der Waals surface area contributed by atoms with Gasteiger partial charge in [0.1, 0.15) is 0 Å². The third-order valence-corrected chi connectivity index (χ3v) is 10.9. The lowest BCUT2D eigenvalue weighted by Gasteiger charge is -2.32. The first-order valence-corrected chi connectivity index (χ1v) is 16.9. The fourth-order valence-electron chi connectivity index (χ4n) is 8.68. The van der Waals surface area contributed by atoms with Gasteiger partial charge in [0.15, 0.2) is 0 Å². The van der Waals surface area contributed by atoms with E-state index in [0.29, 0.717) is 0 Å². The Labute approximate surface area is 281 Å². The number of anilines is 3. The average molecular weight is 612 g/mol. The molecule has 2 aliphatic rings. The van der Waals surface area contributed by atoms with E-state index in [1.54, 1.807) is 0 Å². The Balaban J connectivity index is 1.28. The summed E-state index contributed by atoms with van der Waals surface area (Å²) >= 11 is 0. The first-order valence-electron chi connectivity index (χ1n) is 16.9. The quantitative estimate of drug-likeness (QED) is 0.192. The normalized spacial score (nSPS) is 13.4. The summed E-state index contributed by atoms with van der Waals surface area (Å²) in [6.45, 7) is 4.38. The number of para-hydroxylation sites is 1. The van der Waals surface area contributed by atoms with E-state index in [-0.39, 0.29) is 0 Å². The van der Waals surface area contributed by atoms with Crippen molar-refractivity contribution >= 4 is 38.6 Å². The van der Waals surface area contributed by atoms with Crippen LogP contribution in [0.1, 0.15) is 33.4 Å². The molecule has 0 N–H and O–H groups in total. The molecule has 0 fully saturated rings. The highest BCUT2D eigenvalue weighted by molar-refractivity contribution is 6.07. The van der Waals surface area contributed by atoms with Gasteiger partial charge in [-0.25, -0.2) is 0 Å². The summed E-state index contributed by atoms with van der Waals surface area (Å²) in [5.41, 5.74) is 16.5. The highest BCUT2D eigenvalue weighted by Gasteiger charge is 2.52. The highest BCUT2D eigenvalue weighted by atomic mass is 15.1. The molecule has 0 radical (unpaired) electrons. The van der Waals surface area contributed by atoms with Gasteiger partial charge in [-0.1, -0.05) is 115 Å². The Morgan fingerprint density at radius 3 is 1.73 bits per heavy atom. The maximum atomic E-state index is 2.47. The van der Waals surface area contributed by atoms with Gasteiger partial charge in [0.25, 0.3) is 0 Å².